The minimum Gasteiger partial charge on any atom is -0.491 e. The Labute approximate surface area is 161 Å². The molecule has 0 aliphatic carbocycles. The molecule has 0 unspecified atom stereocenters. The molecule has 0 fully saturated rings. The fourth-order valence-electron chi connectivity index (χ4n) is 3.25. The minimum atomic E-state index is 0.126. The lowest BCUT2D eigenvalue weighted by Crippen LogP contribution is -2.31. The van der Waals surface area contributed by atoms with Gasteiger partial charge >= 0.3 is 0 Å². The second-order valence-electron chi connectivity index (χ2n) is 7.31. The first-order valence-corrected chi connectivity index (χ1v) is 9.73. The summed E-state index contributed by atoms with van der Waals surface area (Å²) in [6, 6.07) is 8.29. The van der Waals surface area contributed by atoms with E-state index < -0.39 is 0 Å². The van der Waals surface area contributed by atoms with Gasteiger partial charge in [0.25, 0.3) is 0 Å². The summed E-state index contributed by atoms with van der Waals surface area (Å²) in [5.41, 5.74) is 4.50. The molecule has 0 saturated carbocycles. The van der Waals surface area contributed by atoms with Crippen LogP contribution in [-0.4, -0.2) is 47.3 Å². The SMILES string of the molecule is Cc1ccc(C)c(OCCN(C)C(=O)CCc2cc3n(n2)CCCNC3)c1. The van der Waals surface area contributed by atoms with Crippen LogP contribution in [0, 0.1) is 13.8 Å². The summed E-state index contributed by atoms with van der Waals surface area (Å²) in [6.45, 7) is 8.00. The highest BCUT2D eigenvalue weighted by molar-refractivity contribution is 5.76. The molecule has 1 amide bonds. The van der Waals surface area contributed by atoms with Gasteiger partial charge in [-0.25, -0.2) is 0 Å². The lowest BCUT2D eigenvalue weighted by Gasteiger charge is -2.18. The van der Waals surface area contributed by atoms with E-state index in [-0.39, 0.29) is 5.91 Å². The predicted octanol–water partition coefficient (Wildman–Crippen LogP) is 2.46. The number of benzene rings is 1. The number of nitrogens with zero attached hydrogens (tertiary/aromatic N) is 3. The third kappa shape index (κ3) is 5.32. The molecule has 2 heterocycles. The molecule has 0 atom stereocenters. The summed E-state index contributed by atoms with van der Waals surface area (Å²) in [5, 5.41) is 8.04. The van der Waals surface area contributed by atoms with Crippen molar-refractivity contribution in [2.45, 2.75) is 46.2 Å². The highest BCUT2D eigenvalue weighted by Crippen LogP contribution is 2.19. The van der Waals surface area contributed by atoms with Crippen molar-refractivity contribution in [3.8, 4) is 5.75 Å². The maximum absolute atomic E-state index is 12.4. The number of carbonyl (C=O) groups excluding carboxylic acids is 1. The molecule has 0 saturated heterocycles. The van der Waals surface area contributed by atoms with Gasteiger partial charge in [-0.2, -0.15) is 5.10 Å². The van der Waals surface area contributed by atoms with Crippen molar-refractivity contribution in [2.24, 2.45) is 0 Å². The molecule has 0 bridgehead atoms. The van der Waals surface area contributed by atoms with Gasteiger partial charge < -0.3 is 15.0 Å². The van der Waals surface area contributed by atoms with E-state index in [1.165, 1.54) is 11.3 Å². The van der Waals surface area contributed by atoms with Crippen LogP contribution in [0.4, 0.5) is 0 Å². The van der Waals surface area contributed by atoms with Crippen molar-refractivity contribution in [3.05, 3.63) is 46.8 Å². The molecule has 2 aromatic rings. The molecule has 1 aromatic carbocycles. The van der Waals surface area contributed by atoms with Gasteiger partial charge in [0, 0.05) is 33.0 Å². The van der Waals surface area contributed by atoms with Crippen molar-refractivity contribution in [1.82, 2.24) is 20.0 Å². The molecule has 6 heteroatoms. The van der Waals surface area contributed by atoms with Gasteiger partial charge in [-0.3, -0.25) is 9.48 Å². The van der Waals surface area contributed by atoms with Crippen molar-refractivity contribution in [1.29, 1.82) is 0 Å². The van der Waals surface area contributed by atoms with Crippen LogP contribution in [0.15, 0.2) is 24.3 Å². The fourth-order valence-corrected chi connectivity index (χ4v) is 3.25. The second kappa shape index (κ2) is 9.04. The molecule has 146 valence electrons. The Kier molecular flexibility index (Phi) is 6.50. The Morgan fingerprint density at radius 3 is 3.04 bits per heavy atom. The smallest absolute Gasteiger partial charge is 0.222 e. The van der Waals surface area contributed by atoms with Gasteiger partial charge in [-0.05, 0) is 50.1 Å². The van der Waals surface area contributed by atoms with Gasteiger partial charge in [0.2, 0.25) is 5.91 Å². The number of nitrogens with one attached hydrogen (secondary N) is 1. The molecule has 1 aliphatic heterocycles. The molecule has 0 spiro atoms. The summed E-state index contributed by atoms with van der Waals surface area (Å²) in [7, 11) is 1.83. The number of amides is 1. The van der Waals surface area contributed by atoms with E-state index >= 15 is 0 Å². The summed E-state index contributed by atoms with van der Waals surface area (Å²) < 4.78 is 7.92. The van der Waals surface area contributed by atoms with E-state index in [2.05, 4.69) is 33.3 Å². The zero-order valence-corrected chi connectivity index (χ0v) is 16.6. The number of aryl methyl sites for hydroxylation is 4. The normalized spacial score (nSPS) is 13.7. The second-order valence-corrected chi connectivity index (χ2v) is 7.31. The highest BCUT2D eigenvalue weighted by Gasteiger charge is 2.14. The van der Waals surface area contributed by atoms with Gasteiger partial charge in [0.1, 0.15) is 12.4 Å². The molecule has 27 heavy (non-hydrogen) atoms. The number of carbonyl (C=O) groups is 1. The van der Waals surface area contributed by atoms with Gasteiger partial charge in [0.15, 0.2) is 0 Å². The molecule has 3 rings (SSSR count). The van der Waals surface area contributed by atoms with Crippen LogP contribution in [0.3, 0.4) is 0 Å². The van der Waals surface area contributed by atoms with Crippen LogP contribution in [0.25, 0.3) is 0 Å². The number of rotatable bonds is 7. The van der Waals surface area contributed by atoms with Crippen molar-refractivity contribution < 1.29 is 9.53 Å². The monoisotopic (exact) mass is 370 g/mol. The average Bonchev–Trinajstić information content (AvgIpc) is 2.91. The van der Waals surface area contributed by atoms with Crippen LogP contribution >= 0.6 is 0 Å². The van der Waals surface area contributed by atoms with E-state index in [1.54, 1.807) is 4.90 Å². The molecular formula is C21H30N4O2. The molecule has 1 aromatic heterocycles. The maximum Gasteiger partial charge on any atom is 0.222 e. The number of likely N-dealkylation sites (N-methyl/N-ethyl adjacent to an activating group) is 1. The first-order valence-electron chi connectivity index (χ1n) is 9.73. The quantitative estimate of drug-likeness (QED) is 0.813. The zero-order valence-electron chi connectivity index (χ0n) is 16.6. The van der Waals surface area contributed by atoms with Crippen LogP contribution in [0.5, 0.6) is 5.75 Å². The molecular weight excluding hydrogens is 340 g/mol. The Bertz CT molecular complexity index is 761. The summed E-state index contributed by atoms with van der Waals surface area (Å²) >= 11 is 0. The predicted molar refractivity (Wildman–Crippen MR) is 106 cm³/mol. The minimum absolute atomic E-state index is 0.126. The first kappa shape index (κ1) is 19.4. The van der Waals surface area contributed by atoms with Crippen molar-refractivity contribution in [2.75, 3.05) is 26.7 Å². The Morgan fingerprint density at radius 2 is 2.19 bits per heavy atom. The van der Waals surface area contributed by atoms with Crippen LogP contribution in [0.2, 0.25) is 0 Å². The van der Waals surface area contributed by atoms with Gasteiger partial charge in [-0.1, -0.05) is 12.1 Å². The summed E-state index contributed by atoms with van der Waals surface area (Å²) in [5.74, 6) is 1.02. The Balaban J connectivity index is 1.43. The summed E-state index contributed by atoms with van der Waals surface area (Å²) in [4.78, 5) is 14.1. The number of hydrogen-bond donors (Lipinski definition) is 1. The van der Waals surface area contributed by atoms with Gasteiger partial charge in [-0.15, -0.1) is 0 Å². The largest absolute Gasteiger partial charge is 0.491 e. The third-order valence-electron chi connectivity index (χ3n) is 4.99. The highest BCUT2D eigenvalue weighted by atomic mass is 16.5. The topological polar surface area (TPSA) is 59.4 Å². The molecule has 1 aliphatic rings. The van der Waals surface area contributed by atoms with E-state index in [1.807, 2.05) is 27.0 Å². The standard InChI is InChI=1S/C21H30N4O2/c1-16-5-6-17(2)20(13-16)27-12-11-24(3)21(26)8-7-18-14-19-15-22-9-4-10-25(19)23-18/h5-6,13-14,22H,4,7-12,15H2,1-3H3. The number of ether oxygens (including phenoxy) is 1. The van der Waals surface area contributed by atoms with E-state index in [0.29, 0.717) is 26.0 Å². The Morgan fingerprint density at radius 1 is 1.33 bits per heavy atom. The number of hydrogen-bond acceptors (Lipinski definition) is 4. The molecule has 1 N–H and O–H groups in total. The lowest BCUT2D eigenvalue weighted by atomic mass is 10.1. The number of fused-ring (bicyclic) bond motifs is 1. The molecule has 0 radical (unpaired) electrons. The lowest BCUT2D eigenvalue weighted by molar-refractivity contribution is -0.130. The summed E-state index contributed by atoms with van der Waals surface area (Å²) in [6.07, 6.45) is 2.25. The Hall–Kier alpha value is -2.34. The van der Waals surface area contributed by atoms with E-state index in [9.17, 15) is 4.79 Å². The van der Waals surface area contributed by atoms with Crippen LogP contribution in [-0.2, 0) is 24.3 Å². The zero-order chi connectivity index (χ0) is 19.2. The fraction of sp³-hybridized carbons (Fsp3) is 0.524. The van der Waals surface area contributed by atoms with Crippen LogP contribution < -0.4 is 10.1 Å². The van der Waals surface area contributed by atoms with Crippen LogP contribution in [0.1, 0.15) is 35.4 Å². The average molecular weight is 370 g/mol. The first-order chi connectivity index (χ1) is 13.0. The van der Waals surface area contributed by atoms with E-state index in [4.69, 9.17) is 4.74 Å². The maximum atomic E-state index is 12.4. The van der Waals surface area contributed by atoms with E-state index in [0.717, 1.165) is 43.1 Å². The third-order valence-corrected chi connectivity index (χ3v) is 4.99. The van der Waals surface area contributed by atoms with Crippen molar-refractivity contribution in [3.63, 3.8) is 0 Å². The number of aromatic nitrogens is 2. The van der Waals surface area contributed by atoms with Crippen molar-refractivity contribution >= 4 is 5.91 Å². The molecule has 6 nitrogen and oxygen atoms in total. The van der Waals surface area contributed by atoms with Gasteiger partial charge in [0.05, 0.1) is 17.9 Å².